The molecule has 29 heavy (non-hydrogen) atoms. The van der Waals surface area contributed by atoms with E-state index in [1.807, 2.05) is 33.0 Å². The summed E-state index contributed by atoms with van der Waals surface area (Å²) in [4.78, 5) is 17.4. The van der Waals surface area contributed by atoms with Crippen molar-refractivity contribution in [3.05, 3.63) is 53.9 Å². The molecular formula is C23H33N5O. The van der Waals surface area contributed by atoms with Crippen molar-refractivity contribution in [2.24, 2.45) is 11.3 Å². The summed E-state index contributed by atoms with van der Waals surface area (Å²) in [7, 11) is 0. The van der Waals surface area contributed by atoms with Crippen molar-refractivity contribution in [2.75, 3.05) is 26.2 Å². The summed E-state index contributed by atoms with van der Waals surface area (Å²) < 4.78 is 0. The maximum atomic E-state index is 12.8. The lowest BCUT2D eigenvalue weighted by Gasteiger charge is -2.31. The van der Waals surface area contributed by atoms with Gasteiger partial charge in [0, 0.05) is 55.6 Å². The number of aromatic amines is 1. The summed E-state index contributed by atoms with van der Waals surface area (Å²) in [5.74, 6) is 0.514. The number of urea groups is 1. The van der Waals surface area contributed by atoms with Gasteiger partial charge in [-0.3, -0.25) is 10.00 Å². The SMILES string of the molecule is CC(C)(C)NC(=O)N1CC2CN(Cc3ccn[nH]3)CC2(CCc2ccccc2)C1. The lowest BCUT2D eigenvalue weighted by molar-refractivity contribution is 0.176. The third kappa shape index (κ3) is 4.64. The van der Waals surface area contributed by atoms with E-state index in [9.17, 15) is 4.79 Å². The van der Waals surface area contributed by atoms with Gasteiger partial charge in [-0.2, -0.15) is 5.10 Å². The predicted molar refractivity (Wildman–Crippen MR) is 114 cm³/mol. The molecule has 2 aliphatic rings. The molecule has 2 aliphatic heterocycles. The third-order valence-electron chi connectivity index (χ3n) is 6.31. The Bertz CT molecular complexity index is 814. The minimum atomic E-state index is -0.210. The minimum Gasteiger partial charge on any atom is -0.333 e. The van der Waals surface area contributed by atoms with Gasteiger partial charge in [-0.15, -0.1) is 0 Å². The van der Waals surface area contributed by atoms with Crippen LogP contribution in [0.3, 0.4) is 0 Å². The molecule has 3 heterocycles. The molecule has 2 atom stereocenters. The van der Waals surface area contributed by atoms with Crippen molar-refractivity contribution >= 4 is 6.03 Å². The Morgan fingerprint density at radius 1 is 1.21 bits per heavy atom. The molecule has 2 N–H and O–H groups in total. The molecule has 0 aliphatic carbocycles. The van der Waals surface area contributed by atoms with E-state index in [0.29, 0.717) is 5.92 Å². The molecule has 0 bridgehead atoms. The first kappa shape index (κ1) is 20.0. The largest absolute Gasteiger partial charge is 0.333 e. The van der Waals surface area contributed by atoms with Crippen LogP contribution < -0.4 is 5.32 Å². The van der Waals surface area contributed by atoms with Crippen LogP contribution in [0, 0.1) is 11.3 Å². The number of aromatic nitrogens is 2. The second-order valence-electron chi connectivity index (χ2n) is 9.86. The van der Waals surface area contributed by atoms with E-state index < -0.39 is 0 Å². The number of hydrogen-bond acceptors (Lipinski definition) is 3. The summed E-state index contributed by atoms with van der Waals surface area (Å²) in [6.07, 6.45) is 3.99. The van der Waals surface area contributed by atoms with Gasteiger partial charge < -0.3 is 10.2 Å². The van der Waals surface area contributed by atoms with Gasteiger partial charge in [0.2, 0.25) is 0 Å². The quantitative estimate of drug-likeness (QED) is 0.817. The van der Waals surface area contributed by atoms with E-state index in [0.717, 1.165) is 51.3 Å². The van der Waals surface area contributed by atoms with Crippen molar-refractivity contribution in [1.82, 2.24) is 25.3 Å². The fourth-order valence-corrected chi connectivity index (χ4v) is 4.97. The highest BCUT2D eigenvalue weighted by molar-refractivity contribution is 5.75. The number of H-pyrrole nitrogens is 1. The number of nitrogens with zero attached hydrogens (tertiary/aromatic N) is 3. The van der Waals surface area contributed by atoms with Crippen molar-refractivity contribution in [1.29, 1.82) is 0 Å². The van der Waals surface area contributed by atoms with Crippen LogP contribution in [0.2, 0.25) is 0 Å². The highest BCUT2D eigenvalue weighted by Gasteiger charge is 2.53. The minimum absolute atomic E-state index is 0.0751. The number of amides is 2. The number of hydrogen-bond donors (Lipinski definition) is 2. The Morgan fingerprint density at radius 2 is 2.00 bits per heavy atom. The molecule has 2 aromatic rings. The highest BCUT2D eigenvalue weighted by atomic mass is 16.2. The van der Waals surface area contributed by atoms with E-state index >= 15 is 0 Å². The van der Waals surface area contributed by atoms with Gasteiger partial charge in [0.15, 0.2) is 0 Å². The summed E-state index contributed by atoms with van der Waals surface area (Å²) >= 11 is 0. The smallest absolute Gasteiger partial charge is 0.317 e. The van der Waals surface area contributed by atoms with Gasteiger partial charge in [0.05, 0.1) is 0 Å². The molecule has 6 nitrogen and oxygen atoms in total. The van der Waals surface area contributed by atoms with E-state index in [1.54, 1.807) is 0 Å². The molecule has 0 radical (unpaired) electrons. The van der Waals surface area contributed by atoms with E-state index in [1.165, 1.54) is 5.56 Å². The Hall–Kier alpha value is -2.34. The Labute approximate surface area is 173 Å². The van der Waals surface area contributed by atoms with Gasteiger partial charge in [-0.05, 0) is 51.2 Å². The fraction of sp³-hybridized carbons (Fsp3) is 0.565. The summed E-state index contributed by atoms with van der Waals surface area (Å²) in [6, 6.07) is 12.8. The molecule has 1 aromatic heterocycles. The average molecular weight is 396 g/mol. The van der Waals surface area contributed by atoms with Crippen molar-refractivity contribution in [3.8, 4) is 0 Å². The van der Waals surface area contributed by atoms with E-state index in [-0.39, 0.29) is 17.0 Å². The topological polar surface area (TPSA) is 64.3 Å². The molecule has 156 valence electrons. The first-order chi connectivity index (χ1) is 13.8. The standard InChI is InChI=1S/C23H33N5O/c1-22(2,3)25-21(29)28-14-19-13-27(15-20-10-12-24-26-20)16-23(19,17-28)11-9-18-7-5-4-6-8-18/h4-8,10,12,19H,9,11,13-17H2,1-3H3,(H,24,26)(H,25,29). The summed E-state index contributed by atoms with van der Waals surface area (Å²) in [5, 5.41) is 10.3. The van der Waals surface area contributed by atoms with Gasteiger partial charge in [-0.1, -0.05) is 30.3 Å². The Kier molecular flexibility index (Phi) is 5.38. The first-order valence-corrected chi connectivity index (χ1v) is 10.6. The zero-order chi connectivity index (χ0) is 20.5. The normalized spacial score (nSPS) is 24.7. The third-order valence-corrected chi connectivity index (χ3v) is 6.31. The van der Waals surface area contributed by atoms with Crippen LogP contribution in [0.15, 0.2) is 42.6 Å². The molecule has 2 unspecified atom stereocenters. The number of fused-ring (bicyclic) bond motifs is 1. The van der Waals surface area contributed by atoms with E-state index in [4.69, 9.17) is 0 Å². The molecule has 2 saturated heterocycles. The molecule has 2 fully saturated rings. The fourth-order valence-electron chi connectivity index (χ4n) is 4.97. The van der Waals surface area contributed by atoms with Gasteiger partial charge in [0.1, 0.15) is 0 Å². The zero-order valence-corrected chi connectivity index (χ0v) is 17.8. The Balaban J connectivity index is 1.47. The maximum absolute atomic E-state index is 12.8. The molecule has 6 heteroatoms. The van der Waals surface area contributed by atoms with Crippen LogP contribution >= 0.6 is 0 Å². The van der Waals surface area contributed by atoms with E-state index in [2.05, 4.69) is 55.6 Å². The number of likely N-dealkylation sites (tertiary alicyclic amines) is 2. The number of aryl methyl sites for hydroxylation is 1. The van der Waals surface area contributed by atoms with Crippen LogP contribution in [-0.4, -0.2) is 57.7 Å². The number of carbonyl (C=O) groups excluding carboxylic acids is 1. The van der Waals surface area contributed by atoms with Crippen molar-refractivity contribution in [3.63, 3.8) is 0 Å². The average Bonchev–Trinajstić information content (AvgIpc) is 3.35. The monoisotopic (exact) mass is 395 g/mol. The summed E-state index contributed by atoms with van der Waals surface area (Å²) in [5.41, 5.74) is 2.49. The molecule has 4 rings (SSSR count). The van der Waals surface area contributed by atoms with Gasteiger partial charge in [-0.25, -0.2) is 4.79 Å². The Morgan fingerprint density at radius 3 is 2.69 bits per heavy atom. The number of rotatable bonds is 5. The number of nitrogens with one attached hydrogen (secondary N) is 2. The number of carbonyl (C=O) groups is 1. The van der Waals surface area contributed by atoms with Crippen LogP contribution in [0.4, 0.5) is 4.79 Å². The lowest BCUT2D eigenvalue weighted by atomic mass is 9.76. The molecule has 0 spiro atoms. The van der Waals surface area contributed by atoms with Gasteiger partial charge in [0.25, 0.3) is 0 Å². The van der Waals surface area contributed by atoms with Crippen LogP contribution in [0.25, 0.3) is 0 Å². The zero-order valence-electron chi connectivity index (χ0n) is 17.8. The van der Waals surface area contributed by atoms with Crippen molar-refractivity contribution < 1.29 is 4.79 Å². The van der Waals surface area contributed by atoms with Gasteiger partial charge >= 0.3 is 6.03 Å². The summed E-state index contributed by atoms with van der Waals surface area (Å²) in [6.45, 7) is 10.8. The van der Waals surface area contributed by atoms with Crippen molar-refractivity contribution in [2.45, 2.75) is 45.7 Å². The predicted octanol–water partition coefficient (Wildman–Crippen LogP) is 3.28. The lowest BCUT2D eigenvalue weighted by Crippen LogP contribution is -2.49. The maximum Gasteiger partial charge on any atom is 0.317 e. The highest BCUT2D eigenvalue weighted by Crippen LogP contribution is 2.46. The molecule has 0 saturated carbocycles. The molecule has 1 aromatic carbocycles. The first-order valence-electron chi connectivity index (χ1n) is 10.6. The van der Waals surface area contributed by atoms with Crippen LogP contribution in [0.5, 0.6) is 0 Å². The molecular weight excluding hydrogens is 362 g/mol. The second kappa shape index (κ2) is 7.82. The van der Waals surface area contributed by atoms with Crippen LogP contribution in [0.1, 0.15) is 38.4 Å². The van der Waals surface area contributed by atoms with Crippen LogP contribution in [-0.2, 0) is 13.0 Å². The second-order valence-corrected chi connectivity index (χ2v) is 9.86. The molecule has 2 amide bonds. The number of benzene rings is 1.